The van der Waals surface area contributed by atoms with Crippen molar-refractivity contribution in [2.75, 3.05) is 14.1 Å². The van der Waals surface area contributed by atoms with Crippen LogP contribution in [0.2, 0.25) is 0 Å². The highest BCUT2D eigenvalue weighted by Crippen LogP contribution is 2.13. The minimum absolute atomic E-state index is 0.00183. The summed E-state index contributed by atoms with van der Waals surface area (Å²) in [7, 11) is -0.634. The van der Waals surface area contributed by atoms with Crippen LogP contribution < -0.4 is 4.72 Å². The average molecular weight is 380 g/mol. The first-order valence-corrected chi connectivity index (χ1v) is 9.23. The number of nitrogens with one attached hydrogen (secondary N) is 1. The Kier molecular flexibility index (Phi) is 6.17. The van der Waals surface area contributed by atoms with Gasteiger partial charge >= 0.3 is 5.97 Å². The minimum atomic E-state index is -3.75. The molecule has 1 atom stereocenters. The fourth-order valence-electron chi connectivity index (χ4n) is 2.08. The van der Waals surface area contributed by atoms with Crippen LogP contribution in [0, 0.1) is 0 Å². The number of sulfonamides is 1. The minimum Gasteiger partial charge on any atom is -0.468 e. The number of nitrogens with zero attached hydrogens (tertiary/aromatic N) is 1. The van der Waals surface area contributed by atoms with E-state index >= 15 is 0 Å². The number of hydrogen-bond acceptors (Lipinski definition) is 6. The fourth-order valence-corrected chi connectivity index (χ4v) is 3.07. The molecule has 0 bridgehead atoms. The van der Waals surface area contributed by atoms with Crippen LogP contribution in [-0.2, 0) is 26.1 Å². The zero-order chi connectivity index (χ0) is 19.3. The average Bonchev–Trinajstić information content (AvgIpc) is 3.13. The molecule has 140 valence electrons. The number of furan rings is 1. The molecule has 0 unspecified atom stereocenters. The Morgan fingerprint density at radius 1 is 1.19 bits per heavy atom. The smallest absolute Gasteiger partial charge is 0.338 e. The van der Waals surface area contributed by atoms with Gasteiger partial charge in [-0.1, -0.05) is 0 Å². The lowest BCUT2D eigenvalue weighted by Crippen LogP contribution is -2.34. The van der Waals surface area contributed by atoms with Crippen molar-refractivity contribution in [3.8, 4) is 0 Å². The van der Waals surface area contributed by atoms with E-state index in [2.05, 4.69) is 4.72 Å². The third-order valence-corrected chi connectivity index (χ3v) is 4.91. The molecule has 0 aliphatic carbocycles. The zero-order valence-corrected chi connectivity index (χ0v) is 15.4. The van der Waals surface area contributed by atoms with E-state index in [-0.39, 0.29) is 22.9 Å². The van der Waals surface area contributed by atoms with E-state index < -0.39 is 22.1 Å². The molecule has 2 aromatic rings. The lowest BCUT2D eigenvalue weighted by atomic mass is 10.2. The Hall–Kier alpha value is -2.65. The number of carbonyl (C=O) groups is 2. The first-order valence-electron chi connectivity index (χ1n) is 7.75. The van der Waals surface area contributed by atoms with Crippen LogP contribution in [0.4, 0.5) is 0 Å². The van der Waals surface area contributed by atoms with Crippen molar-refractivity contribution < 1.29 is 27.2 Å². The summed E-state index contributed by atoms with van der Waals surface area (Å²) in [6.45, 7) is 1.49. The molecular weight excluding hydrogens is 360 g/mol. The maximum absolute atomic E-state index is 12.2. The summed E-state index contributed by atoms with van der Waals surface area (Å²) in [5, 5.41) is 0. The van der Waals surface area contributed by atoms with Crippen molar-refractivity contribution in [1.29, 1.82) is 0 Å². The summed E-state index contributed by atoms with van der Waals surface area (Å²) in [4.78, 5) is 25.1. The van der Waals surface area contributed by atoms with Gasteiger partial charge in [-0.15, -0.1) is 0 Å². The predicted octanol–water partition coefficient (Wildman–Crippen LogP) is 1.39. The van der Waals surface area contributed by atoms with E-state index in [1.165, 1.54) is 42.4 Å². The van der Waals surface area contributed by atoms with Crippen molar-refractivity contribution in [3.05, 3.63) is 54.0 Å². The molecular formula is C17H20N2O6S. The number of ether oxygens (including phenoxy) is 1. The van der Waals surface area contributed by atoms with Gasteiger partial charge in [-0.05, 0) is 43.3 Å². The van der Waals surface area contributed by atoms with Crippen LogP contribution in [0.3, 0.4) is 0 Å². The van der Waals surface area contributed by atoms with Crippen LogP contribution in [0.5, 0.6) is 0 Å². The van der Waals surface area contributed by atoms with Crippen molar-refractivity contribution in [2.45, 2.75) is 24.5 Å². The number of likely N-dealkylation sites (N-methyl/N-ethyl adjacent to an activating group) is 1. The van der Waals surface area contributed by atoms with Gasteiger partial charge in [-0.25, -0.2) is 17.9 Å². The third-order valence-electron chi connectivity index (χ3n) is 3.49. The molecule has 0 fully saturated rings. The first kappa shape index (κ1) is 19.7. The monoisotopic (exact) mass is 380 g/mol. The van der Waals surface area contributed by atoms with Crippen molar-refractivity contribution in [1.82, 2.24) is 9.62 Å². The number of carbonyl (C=O) groups excluding carboxylic acids is 2. The molecule has 1 N–H and O–H groups in total. The molecule has 26 heavy (non-hydrogen) atoms. The van der Waals surface area contributed by atoms with Gasteiger partial charge in [0, 0.05) is 14.1 Å². The molecule has 0 saturated heterocycles. The highest BCUT2D eigenvalue weighted by Gasteiger charge is 2.21. The molecule has 9 heteroatoms. The number of hydrogen-bond donors (Lipinski definition) is 1. The Morgan fingerprint density at radius 2 is 1.85 bits per heavy atom. The highest BCUT2D eigenvalue weighted by atomic mass is 32.2. The maximum Gasteiger partial charge on any atom is 0.338 e. The van der Waals surface area contributed by atoms with E-state index in [1.54, 1.807) is 26.2 Å². The van der Waals surface area contributed by atoms with Crippen LogP contribution >= 0.6 is 0 Å². The molecule has 0 radical (unpaired) electrons. The third kappa shape index (κ3) is 4.93. The number of benzene rings is 1. The van der Waals surface area contributed by atoms with Gasteiger partial charge in [-0.3, -0.25) is 4.79 Å². The van der Waals surface area contributed by atoms with Crippen LogP contribution in [0.1, 0.15) is 23.0 Å². The van der Waals surface area contributed by atoms with Crippen LogP contribution in [-0.4, -0.2) is 45.4 Å². The van der Waals surface area contributed by atoms with Crippen LogP contribution in [0.15, 0.2) is 52.0 Å². The quantitative estimate of drug-likeness (QED) is 0.728. The van der Waals surface area contributed by atoms with Gasteiger partial charge < -0.3 is 14.1 Å². The standard InChI is InChI=1S/C17H20N2O6S/c1-12(16(20)19(2)3)25-17(21)13-6-8-15(9-7-13)26(22,23)18-11-14-5-4-10-24-14/h4-10,12,18H,11H2,1-3H3/t12-/m0/s1. The molecule has 1 heterocycles. The second-order valence-corrected chi connectivity index (χ2v) is 7.48. The van der Waals surface area contributed by atoms with E-state index in [9.17, 15) is 18.0 Å². The normalized spacial score (nSPS) is 12.4. The van der Waals surface area contributed by atoms with E-state index in [1.807, 2.05) is 0 Å². The SMILES string of the molecule is C[C@H](OC(=O)c1ccc(S(=O)(=O)NCc2ccco2)cc1)C(=O)N(C)C. The molecule has 1 amide bonds. The lowest BCUT2D eigenvalue weighted by molar-refractivity contribution is -0.137. The molecule has 0 saturated carbocycles. The van der Waals surface area contributed by atoms with Gasteiger partial charge in [0.2, 0.25) is 10.0 Å². The summed E-state index contributed by atoms with van der Waals surface area (Å²) in [5.41, 5.74) is 0.147. The van der Waals surface area contributed by atoms with Gasteiger partial charge in [0.15, 0.2) is 6.10 Å². The lowest BCUT2D eigenvalue weighted by Gasteiger charge is -2.17. The second-order valence-electron chi connectivity index (χ2n) is 5.71. The van der Waals surface area contributed by atoms with E-state index in [4.69, 9.17) is 9.15 Å². The molecule has 0 aliphatic heterocycles. The summed E-state index contributed by atoms with van der Waals surface area (Å²) in [5.74, 6) is -0.576. The molecule has 1 aromatic heterocycles. The van der Waals surface area contributed by atoms with Crippen molar-refractivity contribution in [3.63, 3.8) is 0 Å². The van der Waals surface area contributed by atoms with E-state index in [0.717, 1.165) is 0 Å². The summed E-state index contributed by atoms with van der Waals surface area (Å²) >= 11 is 0. The first-order chi connectivity index (χ1) is 12.2. The Morgan fingerprint density at radius 3 is 2.38 bits per heavy atom. The summed E-state index contributed by atoms with van der Waals surface area (Å²) in [6, 6.07) is 8.55. The second kappa shape index (κ2) is 8.15. The topological polar surface area (TPSA) is 106 Å². The Labute approximate surface area is 151 Å². The molecule has 0 spiro atoms. The van der Waals surface area contributed by atoms with Crippen LogP contribution in [0.25, 0.3) is 0 Å². The Bertz CT molecular complexity index is 857. The summed E-state index contributed by atoms with van der Waals surface area (Å²) < 4.78 is 37.0. The van der Waals surface area contributed by atoms with Gasteiger partial charge in [0.1, 0.15) is 5.76 Å². The van der Waals surface area contributed by atoms with Gasteiger partial charge in [-0.2, -0.15) is 0 Å². The van der Waals surface area contributed by atoms with Gasteiger partial charge in [0.05, 0.1) is 23.3 Å². The van der Waals surface area contributed by atoms with Crippen molar-refractivity contribution >= 4 is 21.9 Å². The fraction of sp³-hybridized carbons (Fsp3) is 0.294. The van der Waals surface area contributed by atoms with Gasteiger partial charge in [0.25, 0.3) is 5.91 Å². The summed E-state index contributed by atoms with van der Waals surface area (Å²) in [6.07, 6.45) is 0.516. The van der Waals surface area contributed by atoms with E-state index in [0.29, 0.717) is 5.76 Å². The number of rotatable bonds is 7. The predicted molar refractivity (Wildman–Crippen MR) is 92.7 cm³/mol. The molecule has 0 aliphatic rings. The number of esters is 1. The molecule has 8 nitrogen and oxygen atoms in total. The molecule has 1 aromatic carbocycles. The number of amides is 1. The highest BCUT2D eigenvalue weighted by molar-refractivity contribution is 7.89. The Balaban J connectivity index is 2.02. The van der Waals surface area contributed by atoms with Crippen molar-refractivity contribution in [2.24, 2.45) is 0 Å². The maximum atomic E-state index is 12.2. The molecule has 2 rings (SSSR count). The zero-order valence-electron chi connectivity index (χ0n) is 14.6. The largest absolute Gasteiger partial charge is 0.468 e.